The van der Waals surface area contributed by atoms with Gasteiger partial charge < -0.3 is 5.73 Å². The van der Waals surface area contributed by atoms with Gasteiger partial charge in [0.15, 0.2) is 0 Å². The zero-order chi connectivity index (χ0) is 13.8. The summed E-state index contributed by atoms with van der Waals surface area (Å²) in [6.45, 7) is 1.37. The van der Waals surface area contributed by atoms with Crippen LogP contribution in [0.3, 0.4) is 0 Å². The first kappa shape index (κ1) is 14.2. The van der Waals surface area contributed by atoms with Gasteiger partial charge in [-0.3, -0.25) is 4.79 Å². The van der Waals surface area contributed by atoms with E-state index >= 15 is 0 Å². The van der Waals surface area contributed by atoms with Crippen LogP contribution in [0.5, 0.6) is 0 Å². The quantitative estimate of drug-likeness (QED) is 0.772. The van der Waals surface area contributed by atoms with Gasteiger partial charge in [0.1, 0.15) is 0 Å². The summed E-state index contributed by atoms with van der Waals surface area (Å²) in [5.74, 6) is -1.01. The second-order valence-corrected chi connectivity index (χ2v) is 5.56. The molecule has 1 aromatic rings. The lowest BCUT2D eigenvalue weighted by Gasteiger charge is -2.10. The Balaban J connectivity index is 2.76. The van der Waals surface area contributed by atoms with E-state index in [-0.39, 0.29) is 5.75 Å². The van der Waals surface area contributed by atoms with E-state index < -0.39 is 22.0 Å². The van der Waals surface area contributed by atoms with Gasteiger partial charge in [-0.15, -0.1) is 0 Å². The number of nitriles is 1. The number of amides is 1. The number of carbonyl (C=O) groups excluding carboxylic acids is 1. The summed E-state index contributed by atoms with van der Waals surface area (Å²) in [4.78, 5) is 10.8. The molecular weight excluding hydrogens is 254 g/mol. The standard InChI is InChI=1S/C11H13N3O3S/c1-8(11(13)15)14-18(16,17)7-10-4-2-9(6-12)3-5-10/h2-5,8,14H,7H2,1H3,(H2,13,15). The van der Waals surface area contributed by atoms with Crippen molar-refractivity contribution < 1.29 is 13.2 Å². The number of benzene rings is 1. The van der Waals surface area contributed by atoms with E-state index in [0.29, 0.717) is 11.1 Å². The molecule has 1 unspecified atom stereocenters. The van der Waals surface area contributed by atoms with Gasteiger partial charge in [-0.05, 0) is 24.6 Å². The lowest BCUT2D eigenvalue weighted by molar-refractivity contribution is -0.119. The molecule has 0 radical (unpaired) electrons. The minimum atomic E-state index is -3.63. The second kappa shape index (κ2) is 5.62. The Morgan fingerprint density at radius 3 is 2.44 bits per heavy atom. The monoisotopic (exact) mass is 267 g/mol. The average molecular weight is 267 g/mol. The van der Waals surface area contributed by atoms with E-state index in [1.54, 1.807) is 12.1 Å². The number of hydrogen-bond acceptors (Lipinski definition) is 4. The maximum atomic E-state index is 11.7. The van der Waals surface area contributed by atoms with E-state index in [9.17, 15) is 13.2 Å². The Morgan fingerprint density at radius 2 is 2.00 bits per heavy atom. The lowest BCUT2D eigenvalue weighted by atomic mass is 10.2. The van der Waals surface area contributed by atoms with Crippen LogP contribution in [0.1, 0.15) is 18.1 Å². The van der Waals surface area contributed by atoms with Crippen LogP contribution >= 0.6 is 0 Å². The predicted molar refractivity (Wildman–Crippen MR) is 65.6 cm³/mol. The number of nitrogens with two attached hydrogens (primary N) is 1. The summed E-state index contributed by atoms with van der Waals surface area (Å²) >= 11 is 0. The molecule has 0 spiro atoms. The molecule has 7 heteroatoms. The molecule has 0 fully saturated rings. The minimum Gasteiger partial charge on any atom is -0.368 e. The minimum absolute atomic E-state index is 0.268. The number of hydrogen-bond donors (Lipinski definition) is 2. The molecule has 1 aromatic carbocycles. The van der Waals surface area contributed by atoms with Crippen molar-refractivity contribution in [1.29, 1.82) is 5.26 Å². The van der Waals surface area contributed by atoms with E-state index in [4.69, 9.17) is 11.0 Å². The Hall–Kier alpha value is -1.91. The molecule has 96 valence electrons. The molecule has 1 amide bonds. The van der Waals surface area contributed by atoms with Crippen molar-refractivity contribution in [2.24, 2.45) is 5.73 Å². The fraction of sp³-hybridized carbons (Fsp3) is 0.273. The predicted octanol–water partition coefficient (Wildman–Crippen LogP) is -0.149. The fourth-order valence-electron chi connectivity index (χ4n) is 1.26. The molecule has 0 saturated carbocycles. The molecule has 0 saturated heterocycles. The maximum Gasteiger partial charge on any atom is 0.235 e. The molecule has 3 N–H and O–H groups in total. The van der Waals surface area contributed by atoms with Gasteiger partial charge in [0.05, 0.1) is 23.4 Å². The first-order valence-corrected chi connectivity index (χ1v) is 6.77. The van der Waals surface area contributed by atoms with Gasteiger partial charge in [-0.25, -0.2) is 13.1 Å². The zero-order valence-corrected chi connectivity index (χ0v) is 10.6. The van der Waals surface area contributed by atoms with Crippen LogP contribution in [0, 0.1) is 11.3 Å². The first-order chi connectivity index (χ1) is 8.34. The summed E-state index contributed by atoms with van der Waals surface area (Å²) < 4.78 is 25.5. The van der Waals surface area contributed by atoms with Crippen molar-refractivity contribution in [1.82, 2.24) is 4.72 Å². The Bertz CT molecular complexity index is 573. The highest BCUT2D eigenvalue weighted by Crippen LogP contribution is 2.07. The summed E-state index contributed by atoms with van der Waals surface area (Å²) in [5.41, 5.74) is 5.95. The third-order valence-corrected chi connectivity index (χ3v) is 3.65. The lowest BCUT2D eigenvalue weighted by Crippen LogP contribution is -2.42. The van der Waals surface area contributed by atoms with Crippen LogP contribution in [0.25, 0.3) is 0 Å². The molecule has 0 bridgehead atoms. The van der Waals surface area contributed by atoms with Gasteiger partial charge in [-0.2, -0.15) is 5.26 Å². The third-order valence-electron chi connectivity index (χ3n) is 2.22. The summed E-state index contributed by atoms with van der Waals surface area (Å²) in [6.07, 6.45) is 0. The van der Waals surface area contributed by atoms with E-state index in [1.165, 1.54) is 19.1 Å². The van der Waals surface area contributed by atoms with Gasteiger partial charge in [0, 0.05) is 0 Å². The SMILES string of the molecule is CC(NS(=O)(=O)Cc1ccc(C#N)cc1)C(N)=O. The van der Waals surface area contributed by atoms with Gasteiger partial charge in [0.2, 0.25) is 15.9 Å². The molecule has 0 aliphatic rings. The van der Waals surface area contributed by atoms with Crippen molar-refractivity contribution in [2.75, 3.05) is 0 Å². The van der Waals surface area contributed by atoms with Crippen LogP contribution in [0.2, 0.25) is 0 Å². The zero-order valence-electron chi connectivity index (χ0n) is 9.75. The number of carbonyl (C=O) groups is 1. The van der Waals surface area contributed by atoms with Crippen molar-refractivity contribution in [3.63, 3.8) is 0 Å². The molecule has 0 aliphatic heterocycles. The molecular formula is C11H13N3O3S. The van der Waals surface area contributed by atoms with Crippen LogP contribution in [0.4, 0.5) is 0 Å². The summed E-state index contributed by atoms with van der Waals surface area (Å²) in [5, 5.41) is 8.61. The number of nitrogens with zero attached hydrogens (tertiary/aromatic N) is 1. The largest absolute Gasteiger partial charge is 0.368 e. The molecule has 0 aromatic heterocycles. The Morgan fingerprint density at radius 1 is 1.44 bits per heavy atom. The number of rotatable bonds is 5. The Labute approximate surface area is 105 Å². The van der Waals surface area contributed by atoms with Gasteiger partial charge in [0.25, 0.3) is 0 Å². The van der Waals surface area contributed by atoms with Gasteiger partial charge >= 0.3 is 0 Å². The van der Waals surface area contributed by atoms with Crippen LogP contribution < -0.4 is 10.5 Å². The van der Waals surface area contributed by atoms with Crippen molar-refractivity contribution in [2.45, 2.75) is 18.7 Å². The third kappa shape index (κ3) is 4.16. The number of primary amides is 1. The van der Waals surface area contributed by atoms with Crippen molar-refractivity contribution in [3.05, 3.63) is 35.4 Å². The van der Waals surface area contributed by atoms with E-state index in [2.05, 4.69) is 4.72 Å². The van der Waals surface area contributed by atoms with E-state index in [1.807, 2.05) is 6.07 Å². The van der Waals surface area contributed by atoms with Gasteiger partial charge in [-0.1, -0.05) is 12.1 Å². The molecule has 0 aliphatic carbocycles. The molecule has 1 atom stereocenters. The van der Waals surface area contributed by atoms with E-state index in [0.717, 1.165) is 0 Å². The molecule has 1 rings (SSSR count). The highest BCUT2D eigenvalue weighted by molar-refractivity contribution is 7.88. The maximum absolute atomic E-state index is 11.7. The average Bonchev–Trinajstić information content (AvgIpc) is 2.28. The topological polar surface area (TPSA) is 113 Å². The summed E-state index contributed by atoms with van der Waals surface area (Å²) in [7, 11) is -3.63. The highest BCUT2D eigenvalue weighted by Gasteiger charge is 2.18. The fourth-order valence-corrected chi connectivity index (χ4v) is 2.63. The smallest absolute Gasteiger partial charge is 0.235 e. The second-order valence-electron chi connectivity index (χ2n) is 3.81. The molecule has 18 heavy (non-hydrogen) atoms. The molecule has 6 nitrogen and oxygen atoms in total. The normalized spacial score (nSPS) is 12.7. The Kier molecular flexibility index (Phi) is 4.42. The van der Waals surface area contributed by atoms with Crippen LogP contribution in [-0.4, -0.2) is 20.4 Å². The number of nitrogens with one attached hydrogen (secondary N) is 1. The van der Waals surface area contributed by atoms with Crippen LogP contribution in [0.15, 0.2) is 24.3 Å². The van der Waals surface area contributed by atoms with Crippen molar-refractivity contribution in [3.8, 4) is 6.07 Å². The molecule has 0 heterocycles. The summed E-state index contributed by atoms with van der Waals surface area (Å²) in [6, 6.07) is 7.14. The first-order valence-electron chi connectivity index (χ1n) is 5.12. The van der Waals surface area contributed by atoms with Crippen LogP contribution in [-0.2, 0) is 20.6 Å². The highest BCUT2D eigenvalue weighted by atomic mass is 32.2. The van der Waals surface area contributed by atoms with Crippen molar-refractivity contribution >= 4 is 15.9 Å². The number of sulfonamides is 1.